The van der Waals surface area contributed by atoms with Crippen molar-refractivity contribution >= 4 is 18.1 Å². The van der Waals surface area contributed by atoms with Crippen LogP contribution in [0.1, 0.15) is 5.56 Å². The quantitative estimate of drug-likeness (QED) is 0.206. The molecule has 0 aromatic heterocycles. The largest absolute Gasteiger partial charge is 0.298 e. The molecule has 0 spiro atoms. The zero-order valence-corrected chi connectivity index (χ0v) is 7.82. The van der Waals surface area contributed by atoms with Gasteiger partial charge in [0.2, 0.25) is 12.4 Å². The third-order valence-corrected chi connectivity index (χ3v) is 1.68. The first-order valence-electron chi connectivity index (χ1n) is 4.09. The topological polar surface area (TPSA) is 79.5 Å². The van der Waals surface area contributed by atoms with Crippen LogP contribution >= 0.6 is 0 Å². The number of aliphatic imine (C=N–C) groups is 1. The molecule has 0 atom stereocenters. The molecule has 0 unspecified atom stereocenters. The summed E-state index contributed by atoms with van der Waals surface area (Å²) in [4.78, 5) is 14.3. The summed E-state index contributed by atoms with van der Waals surface area (Å²) in [7, 11) is 0. The van der Waals surface area contributed by atoms with Crippen LogP contribution in [0.2, 0.25) is 0 Å². The number of carbonyl (C=O) groups excluding carboxylic acids is 1. The van der Waals surface area contributed by atoms with Gasteiger partial charge in [-0.15, -0.1) is 0 Å². The van der Waals surface area contributed by atoms with Crippen molar-refractivity contribution in [1.82, 2.24) is 10.7 Å². The first kappa shape index (κ1) is 10.2. The molecule has 5 heteroatoms. The molecular formula is C9H12N4O. The van der Waals surface area contributed by atoms with Crippen molar-refractivity contribution in [1.29, 1.82) is 0 Å². The van der Waals surface area contributed by atoms with Gasteiger partial charge in [0.15, 0.2) is 0 Å². The Hall–Kier alpha value is -1.88. The lowest BCUT2D eigenvalue weighted by atomic mass is 10.2. The molecule has 0 saturated heterocycles. The molecule has 14 heavy (non-hydrogen) atoms. The highest BCUT2D eigenvalue weighted by Crippen LogP contribution is 2.16. The second kappa shape index (κ2) is 4.98. The molecule has 0 aliphatic rings. The minimum absolute atomic E-state index is 0.217. The molecule has 0 bridgehead atoms. The molecule has 1 amide bonds. The van der Waals surface area contributed by atoms with Crippen molar-refractivity contribution in [3.8, 4) is 0 Å². The van der Waals surface area contributed by atoms with Crippen molar-refractivity contribution in [3.05, 3.63) is 29.8 Å². The molecule has 4 N–H and O–H groups in total. The van der Waals surface area contributed by atoms with E-state index in [1.54, 1.807) is 0 Å². The number of hydrogen-bond donors (Lipinski definition) is 3. The van der Waals surface area contributed by atoms with E-state index in [1.807, 2.05) is 31.2 Å². The number of nitrogens with zero attached hydrogens (tertiary/aromatic N) is 1. The van der Waals surface area contributed by atoms with E-state index in [-0.39, 0.29) is 5.96 Å². The Labute approximate surface area is 82.0 Å². The Bertz CT molecular complexity index is 348. The van der Waals surface area contributed by atoms with Crippen LogP contribution in [-0.2, 0) is 4.79 Å². The van der Waals surface area contributed by atoms with Gasteiger partial charge in [-0.2, -0.15) is 0 Å². The molecule has 5 nitrogen and oxygen atoms in total. The SMILES string of the molecule is Cc1ccccc1N=C(NN)NC=O. The number of guanidine groups is 1. The fourth-order valence-corrected chi connectivity index (χ4v) is 0.971. The maximum absolute atomic E-state index is 10.2. The van der Waals surface area contributed by atoms with Gasteiger partial charge < -0.3 is 0 Å². The van der Waals surface area contributed by atoms with E-state index in [1.165, 1.54) is 0 Å². The Morgan fingerprint density at radius 3 is 2.79 bits per heavy atom. The summed E-state index contributed by atoms with van der Waals surface area (Å²) in [5, 5.41) is 2.34. The molecule has 0 fully saturated rings. The van der Waals surface area contributed by atoms with Crippen molar-refractivity contribution in [2.75, 3.05) is 0 Å². The zero-order chi connectivity index (χ0) is 10.4. The fourth-order valence-electron chi connectivity index (χ4n) is 0.971. The maximum Gasteiger partial charge on any atom is 0.217 e. The third kappa shape index (κ3) is 2.56. The van der Waals surface area contributed by atoms with Gasteiger partial charge in [-0.25, -0.2) is 10.8 Å². The minimum atomic E-state index is 0.217. The zero-order valence-electron chi connectivity index (χ0n) is 7.82. The molecule has 0 radical (unpaired) electrons. The van der Waals surface area contributed by atoms with E-state index in [0.29, 0.717) is 6.41 Å². The van der Waals surface area contributed by atoms with Crippen LogP contribution in [0, 0.1) is 6.92 Å². The number of hydrogen-bond acceptors (Lipinski definition) is 3. The summed E-state index contributed by atoms with van der Waals surface area (Å²) < 4.78 is 0. The monoisotopic (exact) mass is 192 g/mol. The minimum Gasteiger partial charge on any atom is -0.298 e. The van der Waals surface area contributed by atoms with Crippen LogP contribution in [0.25, 0.3) is 0 Å². The highest BCUT2D eigenvalue weighted by atomic mass is 16.1. The van der Waals surface area contributed by atoms with Gasteiger partial charge in [-0.05, 0) is 18.6 Å². The van der Waals surface area contributed by atoms with Crippen molar-refractivity contribution < 1.29 is 4.79 Å². The third-order valence-electron chi connectivity index (χ3n) is 1.68. The van der Waals surface area contributed by atoms with Gasteiger partial charge in [-0.1, -0.05) is 18.2 Å². The Balaban J connectivity index is 2.93. The van der Waals surface area contributed by atoms with E-state index in [2.05, 4.69) is 15.7 Å². The highest BCUT2D eigenvalue weighted by Gasteiger charge is 1.97. The van der Waals surface area contributed by atoms with Crippen LogP contribution in [0.4, 0.5) is 5.69 Å². The summed E-state index contributed by atoms with van der Waals surface area (Å²) in [6.07, 6.45) is 0.511. The number of aryl methyl sites for hydroxylation is 1. The molecular weight excluding hydrogens is 180 g/mol. The number of rotatable bonds is 2. The first-order valence-corrected chi connectivity index (χ1v) is 4.09. The molecule has 1 aromatic rings. The molecule has 1 rings (SSSR count). The number of carbonyl (C=O) groups is 1. The molecule has 0 heterocycles. The van der Waals surface area contributed by atoms with E-state index >= 15 is 0 Å². The van der Waals surface area contributed by atoms with Gasteiger partial charge in [0.05, 0.1) is 5.69 Å². The summed E-state index contributed by atoms with van der Waals surface area (Å²) in [5.74, 6) is 5.37. The van der Waals surface area contributed by atoms with Crippen molar-refractivity contribution in [2.45, 2.75) is 6.92 Å². The number of hydrazine groups is 1. The summed E-state index contributed by atoms with van der Waals surface area (Å²) >= 11 is 0. The normalized spacial score (nSPS) is 10.9. The van der Waals surface area contributed by atoms with Gasteiger partial charge in [-0.3, -0.25) is 15.5 Å². The Morgan fingerprint density at radius 2 is 2.21 bits per heavy atom. The summed E-state index contributed by atoms with van der Waals surface area (Å²) in [6.45, 7) is 1.92. The smallest absolute Gasteiger partial charge is 0.217 e. The average molecular weight is 192 g/mol. The van der Waals surface area contributed by atoms with Gasteiger partial charge in [0, 0.05) is 0 Å². The number of amides is 1. The maximum atomic E-state index is 10.2. The molecule has 74 valence electrons. The van der Waals surface area contributed by atoms with Crippen LogP contribution in [0.3, 0.4) is 0 Å². The number of benzene rings is 1. The number of para-hydroxylation sites is 1. The lowest BCUT2D eigenvalue weighted by Gasteiger charge is -2.04. The van der Waals surface area contributed by atoms with Gasteiger partial charge in [0.25, 0.3) is 0 Å². The summed E-state index contributed by atoms with van der Waals surface area (Å²) in [6, 6.07) is 7.53. The molecule has 0 aliphatic heterocycles. The standard InChI is InChI=1S/C9H12N4O/c1-7-4-2-3-5-8(7)12-9(13-10)11-6-14/h2-6H,10H2,1H3,(H2,11,12,13,14). The lowest BCUT2D eigenvalue weighted by molar-refractivity contribution is -0.108. The van der Waals surface area contributed by atoms with Gasteiger partial charge >= 0.3 is 0 Å². The second-order valence-corrected chi connectivity index (χ2v) is 2.65. The molecule has 0 aliphatic carbocycles. The predicted molar refractivity (Wildman–Crippen MR) is 54.8 cm³/mol. The molecule has 1 aromatic carbocycles. The van der Waals surface area contributed by atoms with E-state index in [4.69, 9.17) is 5.84 Å². The summed E-state index contributed by atoms with van der Waals surface area (Å²) in [5.41, 5.74) is 4.05. The van der Waals surface area contributed by atoms with E-state index < -0.39 is 0 Å². The average Bonchev–Trinajstić information content (AvgIpc) is 2.20. The van der Waals surface area contributed by atoms with Crippen LogP contribution < -0.4 is 16.6 Å². The number of nitrogens with two attached hydrogens (primary N) is 1. The van der Waals surface area contributed by atoms with Crippen molar-refractivity contribution in [3.63, 3.8) is 0 Å². The number of nitrogens with one attached hydrogen (secondary N) is 2. The Morgan fingerprint density at radius 1 is 1.50 bits per heavy atom. The fraction of sp³-hybridized carbons (Fsp3) is 0.111. The van der Waals surface area contributed by atoms with Crippen LogP contribution in [0.15, 0.2) is 29.3 Å². The van der Waals surface area contributed by atoms with E-state index in [0.717, 1.165) is 11.3 Å². The first-order chi connectivity index (χ1) is 6.77. The van der Waals surface area contributed by atoms with Gasteiger partial charge in [0.1, 0.15) is 0 Å². The predicted octanol–water partition coefficient (Wildman–Crippen LogP) is 0.192. The van der Waals surface area contributed by atoms with Crippen LogP contribution in [0.5, 0.6) is 0 Å². The second-order valence-electron chi connectivity index (χ2n) is 2.65. The Kier molecular flexibility index (Phi) is 3.63. The lowest BCUT2D eigenvalue weighted by Crippen LogP contribution is -2.40. The van der Waals surface area contributed by atoms with Crippen LogP contribution in [-0.4, -0.2) is 12.4 Å². The van der Waals surface area contributed by atoms with E-state index in [9.17, 15) is 4.79 Å². The van der Waals surface area contributed by atoms with Crippen molar-refractivity contribution in [2.24, 2.45) is 10.8 Å². The highest BCUT2D eigenvalue weighted by molar-refractivity contribution is 5.90. The molecule has 0 saturated carbocycles.